The van der Waals surface area contributed by atoms with E-state index in [1.807, 2.05) is 36.4 Å². The van der Waals surface area contributed by atoms with Crippen molar-refractivity contribution < 1.29 is 19.2 Å². The van der Waals surface area contributed by atoms with Crippen molar-refractivity contribution in [2.24, 2.45) is 0 Å². The highest BCUT2D eigenvalue weighted by molar-refractivity contribution is 6.45. The first-order chi connectivity index (χ1) is 14.0. The van der Waals surface area contributed by atoms with Crippen molar-refractivity contribution >= 4 is 40.2 Å². The van der Waals surface area contributed by atoms with Gasteiger partial charge in [0.05, 0.1) is 6.54 Å². The van der Waals surface area contributed by atoms with Crippen molar-refractivity contribution in [2.45, 2.75) is 6.54 Å². The second kappa shape index (κ2) is 7.55. The summed E-state index contributed by atoms with van der Waals surface area (Å²) in [5.41, 5.74) is 1.28. The van der Waals surface area contributed by atoms with Crippen LogP contribution < -0.4 is 5.32 Å². The average Bonchev–Trinajstić information content (AvgIpc) is 2.93. The highest BCUT2D eigenvalue weighted by Crippen LogP contribution is 2.23. The molecule has 7 nitrogen and oxygen atoms in total. The van der Waals surface area contributed by atoms with Gasteiger partial charge in [-0.2, -0.15) is 0 Å². The van der Waals surface area contributed by atoms with E-state index in [0.29, 0.717) is 16.2 Å². The zero-order valence-electron chi connectivity index (χ0n) is 15.4. The minimum Gasteiger partial charge on any atom is -0.324 e. The molecule has 3 aromatic rings. The average molecular weight is 387 g/mol. The molecule has 0 saturated carbocycles. The molecule has 1 saturated heterocycles. The molecule has 29 heavy (non-hydrogen) atoms. The molecule has 1 N–H and O–H groups in total. The van der Waals surface area contributed by atoms with Crippen LogP contribution in [0.5, 0.6) is 0 Å². The quantitative estimate of drug-likeness (QED) is 0.539. The number of rotatable bonds is 5. The maximum atomic E-state index is 12.6. The van der Waals surface area contributed by atoms with E-state index in [9.17, 15) is 19.2 Å². The van der Waals surface area contributed by atoms with Crippen LogP contribution in [-0.2, 0) is 20.9 Å². The Kier molecular flexibility index (Phi) is 4.78. The molecule has 0 unspecified atom stereocenters. The van der Waals surface area contributed by atoms with Gasteiger partial charge in [0.15, 0.2) is 0 Å². The van der Waals surface area contributed by atoms with E-state index in [1.165, 1.54) is 0 Å². The summed E-state index contributed by atoms with van der Waals surface area (Å²) < 4.78 is 0. The Hall–Kier alpha value is -4.00. The maximum absolute atomic E-state index is 12.6. The van der Waals surface area contributed by atoms with Gasteiger partial charge in [-0.3, -0.25) is 19.3 Å². The largest absolute Gasteiger partial charge is 0.335 e. The Labute approximate surface area is 166 Å². The predicted molar refractivity (Wildman–Crippen MR) is 107 cm³/mol. The third kappa shape index (κ3) is 3.58. The van der Waals surface area contributed by atoms with Crippen molar-refractivity contribution in [3.8, 4) is 0 Å². The van der Waals surface area contributed by atoms with Crippen LogP contribution in [0.15, 0.2) is 72.8 Å². The second-order valence-corrected chi connectivity index (χ2v) is 6.63. The van der Waals surface area contributed by atoms with Crippen LogP contribution in [0.4, 0.5) is 10.5 Å². The summed E-state index contributed by atoms with van der Waals surface area (Å²) >= 11 is 0. The summed E-state index contributed by atoms with van der Waals surface area (Å²) in [5, 5.41) is 4.50. The normalized spacial score (nSPS) is 14.0. The van der Waals surface area contributed by atoms with Crippen LogP contribution in [0.2, 0.25) is 0 Å². The highest BCUT2D eigenvalue weighted by atomic mass is 16.2. The van der Waals surface area contributed by atoms with E-state index in [0.717, 1.165) is 15.7 Å². The number of urea groups is 1. The summed E-state index contributed by atoms with van der Waals surface area (Å²) in [6.07, 6.45) is 0. The molecule has 0 aliphatic carbocycles. The van der Waals surface area contributed by atoms with Gasteiger partial charge < -0.3 is 5.32 Å². The molecule has 0 atom stereocenters. The molecule has 5 amide bonds. The number of carbonyl (C=O) groups excluding carboxylic acids is 4. The van der Waals surface area contributed by atoms with Crippen molar-refractivity contribution in [2.75, 3.05) is 11.9 Å². The number of anilines is 1. The third-order valence-electron chi connectivity index (χ3n) is 4.68. The van der Waals surface area contributed by atoms with Gasteiger partial charge in [-0.25, -0.2) is 9.69 Å². The smallest absolute Gasteiger partial charge is 0.324 e. The molecule has 3 aromatic carbocycles. The molecule has 1 aliphatic heterocycles. The van der Waals surface area contributed by atoms with Crippen molar-refractivity contribution in [1.82, 2.24) is 9.80 Å². The SMILES string of the molecule is O=C(CN1C(=O)C(=O)N(Cc2ccccc2)C1=O)Nc1cccc2ccccc12. The topological polar surface area (TPSA) is 86.8 Å². The molecule has 1 fully saturated rings. The van der Waals surface area contributed by atoms with Crippen LogP contribution in [0, 0.1) is 0 Å². The first kappa shape index (κ1) is 18.4. The molecule has 144 valence electrons. The van der Waals surface area contributed by atoms with E-state index in [1.54, 1.807) is 36.4 Å². The number of nitrogens with one attached hydrogen (secondary N) is 1. The van der Waals surface area contributed by atoms with Crippen LogP contribution in [0.3, 0.4) is 0 Å². The number of hydrogen-bond donors (Lipinski definition) is 1. The fourth-order valence-corrected chi connectivity index (χ4v) is 3.26. The molecule has 0 aromatic heterocycles. The van der Waals surface area contributed by atoms with Gasteiger partial charge in [0.2, 0.25) is 5.91 Å². The van der Waals surface area contributed by atoms with Gasteiger partial charge in [-0.1, -0.05) is 66.7 Å². The molecule has 4 rings (SSSR count). The Balaban J connectivity index is 1.48. The van der Waals surface area contributed by atoms with E-state index in [4.69, 9.17) is 0 Å². The maximum Gasteiger partial charge on any atom is 0.335 e. The number of carbonyl (C=O) groups is 4. The van der Waals surface area contributed by atoms with Crippen LogP contribution in [0.25, 0.3) is 10.8 Å². The zero-order chi connectivity index (χ0) is 20.4. The standard InChI is InChI=1S/C22H17N3O4/c26-19(23-18-12-6-10-16-9-4-5-11-17(16)18)14-25-21(28)20(27)24(22(25)29)13-15-7-2-1-3-8-15/h1-12H,13-14H2,(H,23,26). The lowest BCUT2D eigenvalue weighted by Crippen LogP contribution is -2.38. The van der Waals surface area contributed by atoms with Gasteiger partial charge in [-0.05, 0) is 17.0 Å². The first-order valence-corrected chi connectivity index (χ1v) is 9.03. The number of nitrogens with zero attached hydrogens (tertiary/aromatic N) is 2. The first-order valence-electron chi connectivity index (χ1n) is 9.03. The second-order valence-electron chi connectivity index (χ2n) is 6.63. The number of amides is 5. The summed E-state index contributed by atoms with van der Waals surface area (Å²) in [6.45, 7) is -0.552. The monoisotopic (exact) mass is 387 g/mol. The number of hydrogen-bond acceptors (Lipinski definition) is 4. The van der Waals surface area contributed by atoms with E-state index >= 15 is 0 Å². The van der Waals surface area contributed by atoms with E-state index < -0.39 is 30.3 Å². The van der Waals surface area contributed by atoms with Crippen molar-refractivity contribution in [1.29, 1.82) is 0 Å². The predicted octanol–water partition coefficient (Wildman–Crippen LogP) is 2.77. The van der Waals surface area contributed by atoms with E-state index in [2.05, 4.69) is 5.32 Å². The van der Waals surface area contributed by atoms with Gasteiger partial charge in [0.25, 0.3) is 0 Å². The number of imide groups is 2. The molecule has 0 bridgehead atoms. The Bertz CT molecular complexity index is 1120. The zero-order valence-corrected chi connectivity index (χ0v) is 15.4. The molecule has 0 radical (unpaired) electrons. The fraction of sp³-hybridized carbons (Fsp3) is 0.0909. The minimum atomic E-state index is -1.00. The molecule has 1 heterocycles. The lowest BCUT2D eigenvalue weighted by atomic mass is 10.1. The highest BCUT2D eigenvalue weighted by Gasteiger charge is 2.45. The fourth-order valence-electron chi connectivity index (χ4n) is 3.26. The molecular weight excluding hydrogens is 370 g/mol. The van der Waals surface area contributed by atoms with Crippen LogP contribution >= 0.6 is 0 Å². The minimum absolute atomic E-state index is 0.0221. The van der Waals surface area contributed by atoms with Gasteiger partial charge >= 0.3 is 17.8 Å². The summed E-state index contributed by atoms with van der Waals surface area (Å²) in [7, 11) is 0. The molecular formula is C22H17N3O4. The van der Waals surface area contributed by atoms with Gasteiger partial charge in [-0.15, -0.1) is 0 Å². The van der Waals surface area contributed by atoms with Gasteiger partial charge in [0, 0.05) is 11.1 Å². The molecule has 1 aliphatic rings. The third-order valence-corrected chi connectivity index (χ3v) is 4.68. The lowest BCUT2D eigenvalue weighted by molar-refractivity contribution is -0.143. The lowest BCUT2D eigenvalue weighted by Gasteiger charge is -2.16. The summed E-state index contributed by atoms with van der Waals surface area (Å²) in [4.78, 5) is 51.0. The van der Waals surface area contributed by atoms with Crippen molar-refractivity contribution in [3.63, 3.8) is 0 Å². The Morgan fingerprint density at radius 3 is 2.21 bits per heavy atom. The number of fused-ring (bicyclic) bond motifs is 1. The van der Waals surface area contributed by atoms with Crippen molar-refractivity contribution in [3.05, 3.63) is 78.4 Å². The summed E-state index contributed by atoms with van der Waals surface area (Å²) in [5.74, 6) is -2.49. The Morgan fingerprint density at radius 2 is 1.41 bits per heavy atom. The van der Waals surface area contributed by atoms with Crippen LogP contribution in [-0.4, -0.2) is 40.1 Å². The molecule has 7 heteroatoms. The van der Waals surface area contributed by atoms with Gasteiger partial charge in [0.1, 0.15) is 6.54 Å². The van der Waals surface area contributed by atoms with E-state index in [-0.39, 0.29) is 6.54 Å². The summed E-state index contributed by atoms with van der Waals surface area (Å²) in [6, 6.07) is 21.0. The van der Waals surface area contributed by atoms with Crippen LogP contribution in [0.1, 0.15) is 5.56 Å². The Morgan fingerprint density at radius 1 is 0.759 bits per heavy atom. The molecule has 0 spiro atoms. The number of benzene rings is 3.